The normalized spacial score (nSPS) is 11.0. The molecule has 0 spiro atoms. The fraction of sp³-hybridized carbons (Fsp3) is 0.125. The Labute approximate surface area is 122 Å². The van der Waals surface area contributed by atoms with Crippen LogP contribution in [0.25, 0.3) is 11.0 Å². The number of aromatic nitrogens is 3. The molecule has 106 valence electrons. The molecule has 2 aromatic rings. The Morgan fingerprint density at radius 3 is 2.63 bits per heavy atom. The molecule has 0 aliphatic carbocycles. The van der Waals surface area contributed by atoms with E-state index >= 15 is 0 Å². The van der Waals surface area contributed by atoms with Crippen LogP contribution < -0.4 is 4.74 Å². The van der Waals surface area contributed by atoms with Gasteiger partial charge in [0.2, 0.25) is 0 Å². The maximum atomic E-state index is 11.3. The standard InChI is InChI=1S/C8H7N3O6S.Ag/c12-6(13)3-17-5-2-1-4-7(10-11-9-4)8(5)18(14,15)16;/h1-2H,3H2,(H,12,13)(H,9,10,11)(H,14,15,16);/q;+1. The number of hydrogen-bond acceptors (Lipinski definition) is 6. The van der Waals surface area contributed by atoms with Gasteiger partial charge < -0.3 is 9.84 Å². The van der Waals surface area contributed by atoms with Crippen molar-refractivity contribution in [1.29, 1.82) is 0 Å². The Balaban J connectivity index is 0.00000180. The summed E-state index contributed by atoms with van der Waals surface area (Å²) in [5.74, 6) is -1.59. The first-order valence-corrected chi connectivity index (χ1v) is 5.99. The Morgan fingerprint density at radius 1 is 1.37 bits per heavy atom. The molecule has 2 rings (SSSR count). The summed E-state index contributed by atoms with van der Waals surface area (Å²) in [7, 11) is -4.62. The molecule has 0 amide bonds. The number of hydrogen-bond donors (Lipinski definition) is 3. The average Bonchev–Trinajstić information content (AvgIpc) is 2.71. The molecule has 0 unspecified atom stereocenters. The summed E-state index contributed by atoms with van der Waals surface area (Å²) < 4.78 is 36.4. The minimum Gasteiger partial charge on any atom is -0.480 e. The van der Waals surface area contributed by atoms with Gasteiger partial charge in [0.25, 0.3) is 0 Å². The van der Waals surface area contributed by atoms with E-state index in [9.17, 15) is 13.2 Å². The SMILES string of the molecule is O=C(O)COc1ccc2n[nH]nc2c1S(=O)(=O)O.[Ag+]. The Bertz CT molecular complexity index is 712. The number of benzene rings is 1. The molecule has 0 aliphatic rings. The van der Waals surface area contributed by atoms with E-state index in [1.807, 2.05) is 0 Å². The third kappa shape index (κ3) is 3.30. The van der Waals surface area contributed by atoms with Gasteiger partial charge in [0.05, 0.1) is 0 Å². The fourth-order valence-electron chi connectivity index (χ4n) is 1.37. The van der Waals surface area contributed by atoms with Crippen molar-refractivity contribution in [3.8, 4) is 5.75 Å². The molecule has 0 atom stereocenters. The second-order valence-electron chi connectivity index (χ2n) is 3.24. The van der Waals surface area contributed by atoms with Crippen LogP contribution >= 0.6 is 0 Å². The molecule has 3 N–H and O–H groups in total. The van der Waals surface area contributed by atoms with Crippen molar-refractivity contribution in [2.45, 2.75) is 4.90 Å². The second-order valence-corrected chi connectivity index (χ2v) is 4.60. The molecule has 0 aliphatic heterocycles. The van der Waals surface area contributed by atoms with Crippen molar-refractivity contribution in [2.75, 3.05) is 6.61 Å². The Hall–Kier alpha value is -1.46. The van der Waals surface area contributed by atoms with Crippen LogP contribution in [-0.4, -0.2) is 46.1 Å². The molecule has 19 heavy (non-hydrogen) atoms. The van der Waals surface area contributed by atoms with Gasteiger partial charge in [-0.05, 0) is 12.1 Å². The van der Waals surface area contributed by atoms with E-state index in [1.165, 1.54) is 12.1 Å². The summed E-state index contributed by atoms with van der Waals surface area (Å²) in [4.78, 5) is 9.76. The number of carboxylic acids is 1. The van der Waals surface area contributed by atoms with Gasteiger partial charge >= 0.3 is 38.5 Å². The number of nitrogens with zero attached hydrogens (tertiary/aromatic N) is 2. The first kappa shape index (κ1) is 15.6. The van der Waals surface area contributed by atoms with Crippen molar-refractivity contribution in [3.05, 3.63) is 12.1 Å². The monoisotopic (exact) mass is 380 g/mol. The molecule has 0 saturated carbocycles. The average molecular weight is 381 g/mol. The van der Waals surface area contributed by atoms with Gasteiger partial charge in [-0.15, -0.1) is 0 Å². The molecule has 1 aromatic heterocycles. The maximum Gasteiger partial charge on any atom is 1.00 e. The summed E-state index contributed by atoms with van der Waals surface area (Å²) in [5, 5.41) is 17.9. The molecule has 0 saturated heterocycles. The molecule has 1 aromatic carbocycles. The molecule has 0 bridgehead atoms. The third-order valence-corrected chi connectivity index (χ3v) is 2.93. The summed E-state index contributed by atoms with van der Waals surface area (Å²) in [6.07, 6.45) is 0. The van der Waals surface area contributed by atoms with E-state index in [-0.39, 0.29) is 39.2 Å². The number of aromatic amines is 1. The molecule has 0 fully saturated rings. The fourth-order valence-corrected chi connectivity index (χ4v) is 2.15. The van der Waals surface area contributed by atoms with E-state index in [0.717, 1.165) is 0 Å². The quantitative estimate of drug-likeness (QED) is 0.483. The van der Waals surface area contributed by atoms with Crippen LogP contribution in [0.2, 0.25) is 0 Å². The van der Waals surface area contributed by atoms with Crippen LogP contribution in [0.15, 0.2) is 17.0 Å². The van der Waals surface area contributed by atoms with Gasteiger partial charge in [0.1, 0.15) is 16.8 Å². The predicted octanol–water partition coefficient (Wildman–Crippen LogP) is -0.334. The van der Waals surface area contributed by atoms with Crippen LogP contribution in [-0.2, 0) is 37.3 Å². The number of fused-ring (bicyclic) bond motifs is 1. The molecule has 11 heteroatoms. The smallest absolute Gasteiger partial charge is 0.480 e. The van der Waals surface area contributed by atoms with Crippen LogP contribution in [0.1, 0.15) is 0 Å². The maximum absolute atomic E-state index is 11.3. The van der Waals surface area contributed by atoms with Crippen molar-refractivity contribution in [2.24, 2.45) is 0 Å². The molecule has 0 radical (unpaired) electrons. The van der Waals surface area contributed by atoms with Gasteiger partial charge in [-0.25, -0.2) is 4.79 Å². The zero-order valence-corrected chi connectivity index (χ0v) is 11.3. The minimum atomic E-state index is -4.62. The van der Waals surface area contributed by atoms with Gasteiger partial charge in [0, 0.05) is 0 Å². The van der Waals surface area contributed by atoms with Crippen LogP contribution in [0.3, 0.4) is 0 Å². The van der Waals surface area contributed by atoms with Crippen LogP contribution in [0.4, 0.5) is 0 Å². The Kier molecular flexibility index (Phi) is 4.66. The summed E-state index contributed by atoms with van der Waals surface area (Å²) in [6, 6.07) is 2.57. The minimum absolute atomic E-state index is 0. The summed E-state index contributed by atoms with van der Waals surface area (Å²) >= 11 is 0. The van der Waals surface area contributed by atoms with E-state index < -0.39 is 27.6 Å². The first-order valence-electron chi connectivity index (χ1n) is 4.55. The van der Waals surface area contributed by atoms with Crippen molar-refractivity contribution in [1.82, 2.24) is 15.4 Å². The molecular formula is C8H7AgN3O6S+. The first-order chi connectivity index (χ1) is 8.39. The van der Waals surface area contributed by atoms with E-state index in [1.54, 1.807) is 0 Å². The predicted molar refractivity (Wildman–Crippen MR) is 56.8 cm³/mol. The van der Waals surface area contributed by atoms with Gasteiger partial charge in [-0.1, -0.05) is 0 Å². The largest absolute Gasteiger partial charge is 1.00 e. The zero-order chi connectivity index (χ0) is 13.3. The number of ether oxygens (including phenoxy) is 1. The second kappa shape index (κ2) is 5.67. The number of carboxylic acid groups (broad SMARTS) is 1. The van der Waals surface area contributed by atoms with Gasteiger partial charge in [0.15, 0.2) is 11.5 Å². The van der Waals surface area contributed by atoms with E-state index in [0.29, 0.717) is 0 Å². The number of carbonyl (C=O) groups is 1. The van der Waals surface area contributed by atoms with Gasteiger partial charge in [-0.2, -0.15) is 23.8 Å². The van der Waals surface area contributed by atoms with Crippen molar-refractivity contribution < 1.29 is 50.0 Å². The number of rotatable bonds is 4. The molecular weight excluding hydrogens is 374 g/mol. The van der Waals surface area contributed by atoms with Crippen molar-refractivity contribution in [3.63, 3.8) is 0 Å². The van der Waals surface area contributed by atoms with Gasteiger partial charge in [-0.3, -0.25) is 4.55 Å². The molecule has 1 heterocycles. The van der Waals surface area contributed by atoms with E-state index in [2.05, 4.69) is 15.4 Å². The number of aliphatic carboxylic acids is 1. The number of nitrogens with one attached hydrogen (secondary N) is 1. The van der Waals surface area contributed by atoms with Crippen LogP contribution in [0.5, 0.6) is 5.75 Å². The Morgan fingerprint density at radius 2 is 2.05 bits per heavy atom. The summed E-state index contributed by atoms with van der Waals surface area (Å²) in [5.41, 5.74) is 0.0747. The number of H-pyrrole nitrogens is 1. The zero-order valence-electron chi connectivity index (χ0n) is 8.99. The summed E-state index contributed by atoms with van der Waals surface area (Å²) in [6.45, 7) is -0.744. The topological polar surface area (TPSA) is 142 Å². The van der Waals surface area contributed by atoms with E-state index in [4.69, 9.17) is 14.4 Å². The van der Waals surface area contributed by atoms with Crippen LogP contribution in [0, 0.1) is 0 Å². The molecule has 9 nitrogen and oxygen atoms in total. The van der Waals surface area contributed by atoms with Crippen molar-refractivity contribution >= 4 is 27.1 Å². The third-order valence-electron chi connectivity index (χ3n) is 2.02.